The molecule has 0 aromatic carbocycles. The van der Waals surface area contributed by atoms with E-state index in [4.69, 9.17) is 5.26 Å². The summed E-state index contributed by atoms with van der Waals surface area (Å²) < 4.78 is 0. The summed E-state index contributed by atoms with van der Waals surface area (Å²) in [7, 11) is 0. The van der Waals surface area contributed by atoms with Gasteiger partial charge < -0.3 is 5.32 Å². The van der Waals surface area contributed by atoms with Gasteiger partial charge in [-0.1, -0.05) is 58.3 Å². The Bertz CT molecular complexity index is 233. The highest BCUT2D eigenvalue weighted by Gasteiger charge is 1.99. The van der Waals surface area contributed by atoms with Crippen LogP contribution in [0.1, 0.15) is 77.6 Å². The molecule has 0 aromatic rings. The third-order valence-corrected chi connectivity index (χ3v) is 3.07. The number of carbonyl (C=O) groups excluding carboxylic acids is 1. The summed E-state index contributed by atoms with van der Waals surface area (Å²) in [6, 6.07) is 2.01. The monoisotopic (exact) mass is 252 g/mol. The Balaban J connectivity index is 3.10. The molecule has 0 aliphatic carbocycles. The van der Waals surface area contributed by atoms with Crippen LogP contribution in [0.4, 0.5) is 0 Å². The highest BCUT2D eigenvalue weighted by atomic mass is 16.1. The summed E-state index contributed by atoms with van der Waals surface area (Å²) in [5.74, 6) is 0.0909. The average molecular weight is 252 g/mol. The fourth-order valence-electron chi connectivity index (χ4n) is 1.94. The molecule has 1 amide bonds. The Labute approximate surface area is 112 Å². The van der Waals surface area contributed by atoms with Crippen molar-refractivity contribution in [2.45, 2.75) is 77.6 Å². The number of amides is 1. The lowest BCUT2D eigenvalue weighted by Gasteiger charge is -2.03. The predicted octanol–water partition coefficient (Wildman–Crippen LogP) is 3.94. The van der Waals surface area contributed by atoms with Crippen LogP contribution in [0.25, 0.3) is 0 Å². The van der Waals surface area contributed by atoms with Gasteiger partial charge in [-0.3, -0.25) is 4.79 Å². The van der Waals surface area contributed by atoms with E-state index < -0.39 is 0 Å². The van der Waals surface area contributed by atoms with E-state index in [9.17, 15) is 4.79 Å². The number of carbonyl (C=O) groups is 1. The van der Waals surface area contributed by atoms with Crippen molar-refractivity contribution in [3.05, 3.63) is 0 Å². The average Bonchev–Trinajstić information content (AvgIpc) is 2.37. The Morgan fingerprint density at radius 3 is 2.11 bits per heavy atom. The quantitative estimate of drug-likeness (QED) is 0.535. The SMILES string of the molecule is CCCCCCCCCCCC(=O)NCCC#N. The second kappa shape index (κ2) is 14.0. The van der Waals surface area contributed by atoms with Gasteiger partial charge in [0.1, 0.15) is 0 Å². The van der Waals surface area contributed by atoms with E-state index in [2.05, 4.69) is 12.2 Å². The fourth-order valence-corrected chi connectivity index (χ4v) is 1.94. The lowest BCUT2D eigenvalue weighted by Crippen LogP contribution is -2.23. The Morgan fingerprint density at radius 1 is 1.00 bits per heavy atom. The molecule has 0 unspecified atom stereocenters. The second-order valence-electron chi connectivity index (χ2n) is 4.84. The Kier molecular flexibility index (Phi) is 13.2. The van der Waals surface area contributed by atoms with Crippen LogP contribution < -0.4 is 5.32 Å². The molecule has 18 heavy (non-hydrogen) atoms. The van der Waals surface area contributed by atoms with Crippen molar-refractivity contribution in [3.8, 4) is 6.07 Å². The molecule has 0 saturated heterocycles. The summed E-state index contributed by atoms with van der Waals surface area (Å²) in [5, 5.41) is 11.1. The molecule has 0 rings (SSSR count). The van der Waals surface area contributed by atoms with Crippen LogP contribution in [0.15, 0.2) is 0 Å². The Morgan fingerprint density at radius 2 is 1.56 bits per heavy atom. The van der Waals surface area contributed by atoms with Gasteiger partial charge in [0, 0.05) is 13.0 Å². The van der Waals surface area contributed by atoms with Gasteiger partial charge >= 0.3 is 0 Å². The minimum Gasteiger partial charge on any atom is -0.355 e. The molecule has 3 heteroatoms. The number of hydrogen-bond donors (Lipinski definition) is 1. The van der Waals surface area contributed by atoms with Gasteiger partial charge in [-0.25, -0.2) is 0 Å². The number of rotatable bonds is 12. The van der Waals surface area contributed by atoms with Gasteiger partial charge in [0.2, 0.25) is 5.91 Å². The molecule has 0 heterocycles. The zero-order chi connectivity index (χ0) is 13.5. The van der Waals surface area contributed by atoms with Crippen LogP contribution in [0.5, 0.6) is 0 Å². The standard InChI is InChI=1S/C15H28N2O/c1-2-3-4-5-6-7-8-9-10-12-15(18)17-14-11-13-16/h2-12,14H2,1H3,(H,17,18). The molecule has 0 fully saturated rings. The van der Waals surface area contributed by atoms with E-state index in [0.29, 0.717) is 19.4 Å². The zero-order valence-corrected chi connectivity index (χ0v) is 11.8. The van der Waals surface area contributed by atoms with E-state index >= 15 is 0 Å². The minimum atomic E-state index is 0.0909. The third-order valence-electron chi connectivity index (χ3n) is 3.07. The molecule has 0 aliphatic heterocycles. The molecule has 0 atom stereocenters. The number of unbranched alkanes of at least 4 members (excludes halogenated alkanes) is 8. The summed E-state index contributed by atoms with van der Waals surface area (Å²) in [4.78, 5) is 11.3. The van der Waals surface area contributed by atoms with Gasteiger partial charge in [0.25, 0.3) is 0 Å². The zero-order valence-electron chi connectivity index (χ0n) is 11.8. The number of nitriles is 1. The molecule has 0 bridgehead atoms. The first-order valence-electron chi connectivity index (χ1n) is 7.45. The summed E-state index contributed by atoms with van der Waals surface area (Å²) in [6.45, 7) is 2.73. The normalized spacial score (nSPS) is 10.0. The van der Waals surface area contributed by atoms with Crippen LogP contribution in [-0.4, -0.2) is 12.5 Å². The molecule has 0 aromatic heterocycles. The second-order valence-corrected chi connectivity index (χ2v) is 4.84. The van der Waals surface area contributed by atoms with Crippen LogP contribution in [0.3, 0.4) is 0 Å². The molecular weight excluding hydrogens is 224 g/mol. The van der Waals surface area contributed by atoms with Crippen molar-refractivity contribution >= 4 is 5.91 Å². The fraction of sp³-hybridized carbons (Fsp3) is 0.867. The molecule has 0 aliphatic rings. The van der Waals surface area contributed by atoms with Gasteiger partial charge in [0.15, 0.2) is 0 Å². The third kappa shape index (κ3) is 13.0. The van der Waals surface area contributed by atoms with Gasteiger partial charge in [-0.2, -0.15) is 5.26 Å². The topological polar surface area (TPSA) is 52.9 Å². The van der Waals surface area contributed by atoms with E-state index in [1.165, 1.54) is 44.9 Å². The lowest BCUT2D eigenvalue weighted by molar-refractivity contribution is -0.121. The van der Waals surface area contributed by atoms with Crippen molar-refractivity contribution in [1.29, 1.82) is 5.26 Å². The summed E-state index contributed by atoms with van der Waals surface area (Å²) in [6.07, 6.45) is 12.5. The molecule has 104 valence electrons. The summed E-state index contributed by atoms with van der Waals surface area (Å²) in [5.41, 5.74) is 0. The molecular formula is C15H28N2O. The van der Waals surface area contributed by atoms with E-state index in [0.717, 1.165) is 12.8 Å². The molecule has 0 radical (unpaired) electrons. The predicted molar refractivity (Wildman–Crippen MR) is 75.1 cm³/mol. The largest absolute Gasteiger partial charge is 0.355 e. The number of hydrogen-bond acceptors (Lipinski definition) is 2. The van der Waals surface area contributed by atoms with Crippen molar-refractivity contribution < 1.29 is 4.79 Å². The smallest absolute Gasteiger partial charge is 0.220 e. The maximum absolute atomic E-state index is 11.3. The minimum absolute atomic E-state index is 0.0909. The van der Waals surface area contributed by atoms with E-state index in [-0.39, 0.29) is 5.91 Å². The summed E-state index contributed by atoms with van der Waals surface area (Å²) >= 11 is 0. The molecule has 3 nitrogen and oxygen atoms in total. The van der Waals surface area contributed by atoms with Crippen LogP contribution in [-0.2, 0) is 4.79 Å². The maximum atomic E-state index is 11.3. The van der Waals surface area contributed by atoms with Gasteiger partial charge in [-0.05, 0) is 6.42 Å². The molecule has 0 spiro atoms. The first-order chi connectivity index (χ1) is 8.81. The maximum Gasteiger partial charge on any atom is 0.220 e. The highest BCUT2D eigenvalue weighted by Crippen LogP contribution is 2.10. The number of nitrogens with zero attached hydrogens (tertiary/aromatic N) is 1. The van der Waals surface area contributed by atoms with Crippen LogP contribution in [0.2, 0.25) is 0 Å². The van der Waals surface area contributed by atoms with Crippen molar-refractivity contribution in [2.24, 2.45) is 0 Å². The van der Waals surface area contributed by atoms with Crippen LogP contribution in [0, 0.1) is 11.3 Å². The first kappa shape index (κ1) is 17.0. The van der Waals surface area contributed by atoms with E-state index in [1.807, 2.05) is 6.07 Å². The Hall–Kier alpha value is -1.04. The van der Waals surface area contributed by atoms with E-state index in [1.54, 1.807) is 0 Å². The van der Waals surface area contributed by atoms with Gasteiger partial charge in [-0.15, -0.1) is 0 Å². The van der Waals surface area contributed by atoms with Crippen molar-refractivity contribution in [3.63, 3.8) is 0 Å². The van der Waals surface area contributed by atoms with Crippen molar-refractivity contribution in [1.82, 2.24) is 5.32 Å². The molecule has 0 saturated carbocycles. The van der Waals surface area contributed by atoms with Crippen LogP contribution >= 0.6 is 0 Å². The van der Waals surface area contributed by atoms with Gasteiger partial charge in [0.05, 0.1) is 12.5 Å². The van der Waals surface area contributed by atoms with Crippen molar-refractivity contribution in [2.75, 3.05) is 6.54 Å². The molecule has 1 N–H and O–H groups in total. The first-order valence-corrected chi connectivity index (χ1v) is 7.45. The highest BCUT2D eigenvalue weighted by molar-refractivity contribution is 5.75. The number of nitrogens with one attached hydrogen (secondary N) is 1. The lowest BCUT2D eigenvalue weighted by atomic mass is 10.1.